The van der Waals surface area contributed by atoms with E-state index in [0.29, 0.717) is 12.7 Å². The van der Waals surface area contributed by atoms with Crippen molar-refractivity contribution in [3.8, 4) is 5.75 Å². The van der Waals surface area contributed by atoms with Crippen LogP contribution in [0.3, 0.4) is 0 Å². The predicted molar refractivity (Wildman–Crippen MR) is 97.1 cm³/mol. The van der Waals surface area contributed by atoms with Gasteiger partial charge >= 0.3 is 0 Å². The molecule has 23 heavy (non-hydrogen) atoms. The number of allylic oxidation sites excluding steroid dienone is 2. The van der Waals surface area contributed by atoms with Crippen LogP contribution in [0.4, 0.5) is 0 Å². The van der Waals surface area contributed by atoms with Gasteiger partial charge in [-0.05, 0) is 49.8 Å². The molecule has 0 bridgehead atoms. The fourth-order valence-corrected chi connectivity index (χ4v) is 2.67. The lowest BCUT2D eigenvalue weighted by molar-refractivity contribution is 0.263. The smallest absolute Gasteiger partial charge is 0.119 e. The minimum absolute atomic E-state index is 0.325. The molecule has 2 nitrogen and oxygen atoms in total. The van der Waals surface area contributed by atoms with Crippen LogP contribution in [-0.4, -0.2) is 19.3 Å². The van der Waals surface area contributed by atoms with E-state index in [1.54, 1.807) is 0 Å². The second kappa shape index (κ2) is 11.3. The Morgan fingerprint density at radius 1 is 1.09 bits per heavy atom. The standard InChI is InChI=1S/C21H32O2/c1-2-3-4-5-6-7-8-9-10-11-13-19-14-12-15-20(16-19)22-17-21-18-23-21/h8-9,12,14-16,21H,2-7,10-11,13,17-18H2,1H3/b9-8+. The molecular weight excluding hydrogens is 284 g/mol. The first-order chi connectivity index (χ1) is 11.4. The summed E-state index contributed by atoms with van der Waals surface area (Å²) in [5, 5.41) is 0. The monoisotopic (exact) mass is 316 g/mol. The molecule has 0 N–H and O–H groups in total. The van der Waals surface area contributed by atoms with E-state index < -0.39 is 0 Å². The molecule has 2 heteroatoms. The third-order valence-electron chi connectivity index (χ3n) is 4.21. The lowest BCUT2D eigenvalue weighted by Gasteiger charge is -2.06. The van der Waals surface area contributed by atoms with Gasteiger partial charge < -0.3 is 9.47 Å². The van der Waals surface area contributed by atoms with Crippen molar-refractivity contribution in [1.82, 2.24) is 0 Å². The molecule has 1 heterocycles. The Kier molecular flexibility index (Phi) is 8.86. The number of hydrogen-bond donors (Lipinski definition) is 0. The first kappa shape index (κ1) is 18.1. The average molecular weight is 316 g/mol. The third-order valence-corrected chi connectivity index (χ3v) is 4.21. The van der Waals surface area contributed by atoms with Crippen molar-refractivity contribution in [3.63, 3.8) is 0 Å². The highest BCUT2D eigenvalue weighted by Crippen LogP contribution is 2.18. The number of unbranched alkanes of at least 4 members (excludes halogenated alkanes) is 6. The van der Waals surface area contributed by atoms with Crippen LogP contribution >= 0.6 is 0 Å². The van der Waals surface area contributed by atoms with E-state index in [2.05, 4.69) is 37.3 Å². The van der Waals surface area contributed by atoms with Gasteiger partial charge in [-0.1, -0.05) is 56.9 Å². The molecule has 0 aliphatic carbocycles. The third kappa shape index (κ3) is 8.80. The van der Waals surface area contributed by atoms with Crippen molar-refractivity contribution in [1.29, 1.82) is 0 Å². The zero-order valence-corrected chi connectivity index (χ0v) is 14.6. The van der Waals surface area contributed by atoms with E-state index in [-0.39, 0.29) is 0 Å². The van der Waals surface area contributed by atoms with Gasteiger partial charge in [0.2, 0.25) is 0 Å². The van der Waals surface area contributed by atoms with Crippen LogP contribution in [0.1, 0.15) is 63.9 Å². The normalized spacial score (nSPS) is 16.8. The van der Waals surface area contributed by atoms with Crippen molar-refractivity contribution in [2.75, 3.05) is 13.2 Å². The van der Waals surface area contributed by atoms with E-state index in [1.807, 2.05) is 6.07 Å². The average Bonchev–Trinajstić information content (AvgIpc) is 3.39. The minimum atomic E-state index is 0.325. The Morgan fingerprint density at radius 3 is 2.65 bits per heavy atom. The molecule has 1 aliphatic rings. The largest absolute Gasteiger partial charge is 0.491 e. The van der Waals surface area contributed by atoms with Crippen LogP contribution in [0.5, 0.6) is 5.75 Å². The Balaban J connectivity index is 1.52. The summed E-state index contributed by atoms with van der Waals surface area (Å²) < 4.78 is 10.9. The molecule has 0 aromatic heterocycles. The number of rotatable bonds is 13. The van der Waals surface area contributed by atoms with Gasteiger partial charge in [-0.25, -0.2) is 0 Å². The van der Waals surface area contributed by atoms with Gasteiger partial charge in [0.05, 0.1) is 6.61 Å². The summed E-state index contributed by atoms with van der Waals surface area (Å²) >= 11 is 0. The highest BCUT2D eigenvalue weighted by atomic mass is 16.6. The van der Waals surface area contributed by atoms with Crippen LogP contribution in [0, 0.1) is 0 Å². The number of aryl methyl sites for hydroxylation is 1. The second-order valence-electron chi connectivity index (χ2n) is 6.48. The summed E-state index contributed by atoms with van der Waals surface area (Å²) in [6.45, 7) is 3.80. The molecule has 1 aromatic rings. The molecule has 1 unspecified atom stereocenters. The number of hydrogen-bond acceptors (Lipinski definition) is 2. The summed E-state index contributed by atoms with van der Waals surface area (Å²) in [4.78, 5) is 0. The SMILES string of the molecule is CCCCCCC/C=C/CCCc1cccc(OCC2CO2)c1. The van der Waals surface area contributed by atoms with Crippen molar-refractivity contribution >= 4 is 0 Å². The topological polar surface area (TPSA) is 21.8 Å². The van der Waals surface area contributed by atoms with Crippen molar-refractivity contribution in [3.05, 3.63) is 42.0 Å². The van der Waals surface area contributed by atoms with Gasteiger partial charge in [0.1, 0.15) is 18.5 Å². The fraction of sp³-hybridized carbons (Fsp3) is 0.619. The second-order valence-corrected chi connectivity index (χ2v) is 6.48. The lowest BCUT2D eigenvalue weighted by Crippen LogP contribution is -2.04. The van der Waals surface area contributed by atoms with E-state index >= 15 is 0 Å². The van der Waals surface area contributed by atoms with Crippen LogP contribution in [0.25, 0.3) is 0 Å². The quantitative estimate of drug-likeness (QED) is 0.264. The van der Waals surface area contributed by atoms with Gasteiger partial charge in [0.15, 0.2) is 0 Å². The minimum Gasteiger partial charge on any atom is -0.491 e. The summed E-state index contributed by atoms with van der Waals surface area (Å²) in [5.41, 5.74) is 1.37. The molecular formula is C21H32O2. The first-order valence-electron chi connectivity index (χ1n) is 9.37. The van der Waals surface area contributed by atoms with E-state index in [0.717, 1.165) is 18.8 Å². The van der Waals surface area contributed by atoms with Gasteiger partial charge in [0.25, 0.3) is 0 Å². The van der Waals surface area contributed by atoms with Crippen LogP contribution in [0.2, 0.25) is 0 Å². The molecule has 128 valence electrons. The molecule has 1 saturated heterocycles. The van der Waals surface area contributed by atoms with Gasteiger partial charge in [-0.15, -0.1) is 0 Å². The van der Waals surface area contributed by atoms with Crippen LogP contribution < -0.4 is 4.74 Å². The zero-order valence-electron chi connectivity index (χ0n) is 14.6. The fourth-order valence-electron chi connectivity index (χ4n) is 2.67. The maximum absolute atomic E-state index is 5.73. The van der Waals surface area contributed by atoms with Crippen molar-refractivity contribution in [2.24, 2.45) is 0 Å². The van der Waals surface area contributed by atoms with Gasteiger partial charge in [-0.3, -0.25) is 0 Å². The highest BCUT2D eigenvalue weighted by Gasteiger charge is 2.22. The van der Waals surface area contributed by atoms with E-state index in [4.69, 9.17) is 9.47 Å². The molecule has 0 saturated carbocycles. The molecule has 0 amide bonds. The maximum Gasteiger partial charge on any atom is 0.119 e. The molecule has 1 atom stereocenters. The van der Waals surface area contributed by atoms with Gasteiger partial charge in [0, 0.05) is 0 Å². The summed E-state index contributed by atoms with van der Waals surface area (Å²) in [5.74, 6) is 0.973. The number of benzene rings is 1. The highest BCUT2D eigenvalue weighted by molar-refractivity contribution is 5.28. The molecule has 1 aliphatic heterocycles. The predicted octanol–water partition coefficient (Wildman–Crippen LogP) is 5.70. The molecule has 0 radical (unpaired) electrons. The van der Waals surface area contributed by atoms with Crippen LogP contribution in [-0.2, 0) is 11.2 Å². The van der Waals surface area contributed by atoms with Crippen molar-refractivity contribution in [2.45, 2.75) is 70.8 Å². The Morgan fingerprint density at radius 2 is 1.87 bits per heavy atom. The Bertz CT molecular complexity index is 449. The summed E-state index contributed by atoms with van der Waals surface area (Å²) in [6.07, 6.45) is 16.6. The molecule has 0 spiro atoms. The lowest BCUT2D eigenvalue weighted by atomic mass is 10.1. The molecule has 1 fully saturated rings. The Hall–Kier alpha value is -1.28. The number of epoxide rings is 1. The molecule has 2 rings (SSSR count). The first-order valence-corrected chi connectivity index (χ1v) is 9.37. The maximum atomic E-state index is 5.73. The van der Waals surface area contributed by atoms with Gasteiger partial charge in [-0.2, -0.15) is 0 Å². The van der Waals surface area contributed by atoms with Crippen LogP contribution in [0.15, 0.2) is 36.4 Å². The summed E-state index contributed by atoms with van der Waals surface area (Å²) in [6, 6.07) is 8.48. The zero-order chi connectivity index (χ0) is 16.2. The number of ether oxygens (including phenoxy) is 2. The Labute approximate surface area is 141 Å². The van der Waals surface area contributed by atoms with Crippen molar-refractivity contribution < 1.29 is 9.47 Å². The van der Waals surface area contributed by atoms with E-state index in [9.17, 15) is 0 Å². The molecule has 1 aromatic carbocycles. The summed E-state index contributed by atoms with van der Waals surface area (Å²) in [7, 11) is 0. The van der Waals surface area contributed by atoms with E-state index in [1.165, 1.54) is 56.9 Å².